The molecular weight excluding hydrogens is 353 g/mol. The van der Waals surface area contributed by atoms with E-state index in [1.807, 2.05) is 24.3 Å². The van der Waals surface area contributed by atoms with Gasteiger partial charge in [-0.1, -0.05) is 37.5 Å². The Balaban J connectivity index is 1.58. The van der Waals surface area contributed by atoms with Crippen molar-refractivity contribution in [3.8, 4) is 11.3 Å². The molecule has 1 aliphatic carbocycles. The molecule has 3 aromatic rings. The summed E-state index contributed by atoms with van der Waals surface area (Å²) in [6, 6.07) is 12.9. The number of halogens is 1. The van der Waals surface area contributed by atoms with Gasteiger partial charge in [0.25, 0.3) is 0 Å². The summed E-state index contributed by atoms with van der Waals surface area (Å²) in [5.41, 5.74) is 2.31. The molecule has 2 heterocycles. The first kappa shape index (κ1) is 18.3. The molecule has 0 spiro atoms. The van der Waals surface area contributed by atoms with Crippen molar-refractivity contribution in [3.63, 3.8) is 0 Å². The number of nitrogens with zero attached hydrogens (tertiary/aromatic N) is 3. The largest absolute Gasteiger partial charge is 0.366 e. The molecule has 2 aromatic heterocycles. The second kappa shape index (κ2) is 8.78. The zero-order chi connectivity index (χ0) is 19.2. The van der Waals surface area contributed by atoms with Crippen molar-refractivity contribution in [2.75, 3.05) is 10.6 Å². The van der Waals surface area contributed by atoms with Crippen molar-refractivity contribution in [2.45, 2.75) is 44.7 Å². The molecule has 0 bridgehead atoms. The lowest BCUT2D eigenvalue weighted by Gasteiger charge is -2.23. The Morgan fingerprint density at radius 2 is 1.86 bits per heavy atom. The fourth-order valence-electron chi connectivity index (χ4n) is 3.52. The minimum atomic E-state index is -0.225. The van der Waals surface area contributed by atoms with Crippen molar-refractivity contribution in [1.82, 2.24) is 15.0 Å². The van der Waals surface area contributed by atoms with Crippen LogP contribution in [-0.2, 0) is 6.54 Å². The minimum absolute atomic E-state index is 0.225. The van der Waals surface area contributed by atoms with Gasteiger partial charge in [-0.2, -0.15) is 4.98 Å². The van der Waals surface area contributed by atoms with E-state index in [0.29, 0.717) is 29.9 Å². The summed E-state index contributed by atoms with van der Waals surface area (Å²) in [4.78, 5) is 13.5. The Hall–Kier alpha value is -3.02. The maximum atomic E-state index is 13.9. The highest BCUT2D eigenvalue weighted by atomic mass is 19.1. The van der Waals surface area contributed by atoms with Crippen LogP contribution in [0.15, 0.2) is 54.9 Å². The van der Waals surface area contributed by atoms with E-state index in [2.05, 4.69) is 20.6 Å². The molecule has 4 rings (SSSR count). The second-order valence-corrected chi connectivity index (χ2v) is 7.13. The lowest BCUT2D eigenvalue weighted by molar-refractivity contribution is 0.461. The fourth-order valence-corrected chi connectivity index (χ4v) is 3.52. The van der Waals surface area contributed by atoms with Crippen LogP contribution in [0.3, 0.4) is 0 Å². The Bertz CT molecular complexity index is 910. The van der Waals surface area contributed by atoms with Gasteiger partial charge in [-0.15, -0.1) is 0 Å². The molecule has 6 heteroatoms. The second-order valence-electron chi connectivity index (χ2n) is 7.13. The molecule has 28 heavy (non-hydrogen) atoms. The van der Waals surface area contributed by atoms with Crippen molar-refractivity contribution in [2.24, 2.45) is 0 Å². The normalized spacial score (nSPS) is 14.6. The average molecular weight is 377 g/mol. The Kier molecular flexibility index (Phi) is 5.75. The molecule has 0 unspecified atom stereocenters. The van der Waals surface area contributed by atoms with Crippen LogP contribution in [0.4, 0.5) is 16.2 Å². The van der Waals surface area contributed by atoms with Crippen LogP contribution in [0, 0.1) is 5.82 Å². The first-order valence-corrected chi connectivity index (χ1v) is 9.81. The van der Waals surface area contributed by atoms with E-state index in [4.69, 9.17) is 4.98 Å². The van der Waals surface area contributed by atoms with E-state index < -0.39 is 0 Å². The first-order valence-electron chi connectivity index (χ1n) is 9.81. The van der Waals surface area contributed by atoms with E-state index >= 15 is 0 Å². The van der Waals surface area contributed by atoms with E-state index in [0.717, 1.165) is 24.1 Å². The van der Waals surface area contributed by atoms with E-state index in [1.165, 1.54) is 25.3 Å². The van der Waals surface area contributed by atoms with Crippen LogP contribution in [-0.4, -0.2) is 21.0 Å². The van der Waals surface area contributed by atoms with Gasteiger partial charge in [0.15, 0.2) is 0 Å². The number of anilines is 2. The molecule has 2 N–H and O–H groups in total. The third-order valence-corrected chi connectivity index (χ3v) is 5.04. The zero-order valence-corrected chi connectivity index (χ0v) is 15.7. The maximum Gasteiger partial charge on any atom is 0.225 e. The van der Waals surface area contributed by atoms with Gasteiger partial charge in [0.2, 0.25) is 5.95 Å². The van der Waals surface area contributed by atoms with Gasteiger partial charge in [0, 0.05) is 42.2 Å². The molecular formula is C22H24FN5. The number of rotatable bonds is 6. The van der Waals surface area contributed by atoms with Gasteiger partial charge in [-0.25, -0.2) is 9.37 Å². The van der Waals surface area contributed by atoms with Gasteiger partial charge in [-0.05, 0) is 31.0 Å². The SMILES string of the molecule is Fc1ccccc1CNc1cc(-c2cccnc2)nc(NC2CCCCC2)n1. The van der Waals surface area contributed by atoms with Crippen LogP contribution in [0.2, 0.25) is 0 Å². The van der Waals surface area contributed by atoms with Crippen LogP contribution < -0.4 is 10.6 Å². The van der Waals surface area contributed by atoms with Crippen LogP contribution in [0.1, 0.15) is 37.7 Å². The highest BCUT2D eigenvalue weighted by molar-refractivity contribution is 5.63. The van der Waals surface area contributed by atoms with Gasteiger partial charge in [0.05, 0.1) is 5.69 Å². The van der Waals surface area contributed by atoms with Crippen molar-refractivity contribution >= 4 is 11.8 Å². The zero-order valence-electron chi connectivity index (χ0n) is 15.7. The number of nitrogens with one attached hydrogen (secondary N) is 2. The molecule has 1 saturated carbocycles. The first-order chi connectivity index (χ1) is 13.8. The summed E-state index contributed by atoms with van der Waals surface area (Å²) in [6.45, 7) is 0.360. The van der Waals surface area contributed by atoms with Crippen LogP contribution in [0.5, 0.6) is 0 Å². The van der Waals surface area contributed by atoms with Crippen molar-refractivity contribution in [3.05, 3.63) is 66.2 Å². The van der Waals surface area contributed by atoms with Gasteiger partial charge >= 0.3 is 0 Å². The van der Waals surface area contributed by atoms with Crippen molar-refractivity contribution < 1.29 is 4.39 Å². The maximum absolute atomic E-state index is 13.9. The predicted octanol–water partition coefficient (Wildman–Crippen LogP) is 5.03. The van der Waals surface area contributed by atoms with Gasteiger partial charge < -0.3 is 10.6 Å². The highest BCUT2D eigenvalue weighted by Gasteiger charge is 2.15. The molecule has 1 aromatic carbocycles. The molecule has 144 valence electrons. The van der Waals surface area contributed by atoms with Crippen LogP contribution >= 0.6 is 0 Å². The lowest BCUT2D eigenvalue weighted by Crippen LogP contribution is -2.23. The van der Waals surface area contributed by atoms with E-state index in [-0.39, 0.29) is 5.82 Å². The Labute approximate surface area is 164 Å². The molecule has 0 saturated heterocycles. The van der Waals surface area contributed by atoms with E-state index in [9.17, 15) is 4.39 Å². The topological polar surface area (TPSA) is 62.7 Å². The predicted molar refractivity (Wildman–Crippen MR) is 109 cm³/mol. The molecule has 0 aliphatic heterocycles. The molecule has 1 aliphatic rings. The molecule has 1 fully saturated rings. The summed E-state index contributed by atoms with van der Waals surface area (Å²) in [6.07, 6.45) is 9.56. The lowest BCUT2D eigenvalue weighted by atomic mass is 9.96. The standard InChI is InChI=1S/C22H24FN5/c23-19-11-5-4-7-16(19)15-25-21-13-20(17-8-6-12-24-14-17)27-22(28-21)26-18-9-2-1-3-10-18/h4-8,11-14,18H,1-3,9-10,15H2,(H2,25,26,27,28). The monoisotopic (exact) mass is 377 g/mol. The summed E-state index contributed by atoms with van der Waals surface area (Å²) in [5, 5.41) is 6.72. The number of pyridine rings is 1. The molecule has 0 radical (unpaired) electrons. The summed E-state index contributed by atoms with van der Waals surface area (Å²) >= 11 is 0. The quantitative estimate of drug-likeness (QED) is 0.630. The average Bonchev–Trinajstić information content (AvgIpc) is 2.74. The summed E-state index contributed by atoms with van der Waals surface area (Å²) in [7, 11) is 0. The third kappa shape index (κ3) is 4.63. The summed E-state index contributed by atoms with van der Waals surface area (Å²) in [5.74, 6) is 1.04. The third-order valence-electron chi connectivity index (χ3n) is 5.04. The van der Waals surface area contributed by atoms with Gasteiger partial charge in [0.1, 0.15) is 11.6 Å². The number of aromatic nitrogens is 3. The molecule has 5 nitrogen and oxygen atoms in total. The van der Waals surface area contributed by atoms with Gasteiger partial charge in [-0.3, -0.25) is 4.98 Å². The Morgan fingerprint density at radius 3 is 2.64 bits per heavy atom. The molecule has 0 amide bonds. The number of benzene rings is 1. The number of hydrogen-bond donors (Lipinski definition) is 2. The number of hydrogen-bond acceptors (Lipinski definition) is 5. The van der Waals surface area contributed by atoms with E-state index in [1.54, 1.807) is 24.5 Å². The van der Waals surface area contributed by atoms with Crippen molar-refractivity contribution in [1.29, 1.82) is 0 Å². The minimum Gasteiger partial charge on any atom is -0.366 e. The highest BCUT2D eigenvalue weighted by Crippen LogP contribution is 2.24. The van der Waals surface area contributed by atoms with Crippen LogP contribution in [0.25, 0.3) is 11.3 Å². The summed E-state index contributed by atoms with van der Waals surface area (Å²) < 4.78 is 13.9. The molecule has 0 atom stereocenters. The Morgan fingerprint density at radius 1 is 1.00 bits per heavy atom. The fraction of sp³-hybridized carbons (Fsp3) is 0.318. The smallest absolute Gasteiger partial charge is 0.225 e.